The summed E-state index contributed by atoms with van der Waals surface area (Å²) in [4.78, 5) is 48.4. The Bertz CT molecular complexity index is 1630. The van der Waals surface area contributed by atoms with Gasteiger partial charge in [-0.1, -0.05) is 31.0 Å². The first-order valence-corrected chi connectivity index (χ1v) is 14.0. The van der Waals surface area contributed by atoms with Crippen LogP contribution in [0.15, 0.2) is 66.9 Å². The predicted molar refractivity (Wildman–Crippen MR) is 163 cm³/mol. The molecule has 1 aromatic heterocycles. The maximum atomic E-state index is 13.1. The molecule has 12 nitrogen and oxygen atoms in total. The van der Waals surface area contributed by atoms with Gasteiger partial charge in [0.05, 0.1) is 22.3 Å². The van der Waals surface area contributed by atoms with Crippen molar-refractivity contribution in [3.63, 3.8) is 0 Å². The summed E-state index contributed by atoms with van der Waals surface area (Å²) in [5.41, 5.74) is 8.91. The van der Waals surface area contributed by atoms with Gasteiger partial charge in [0.2, 0.25) is 11.8 Å². The van der Waals surface area contributed by atoms with Gasteiger partial charge in [0.15, 0.2) is 6.10 Å². The number of aryl methyl sites for hydroxylation is 2. The molecular weight excluding hydrogens is 552 g/mol. The molecule has 43 heavy (non-hydrogen) atoms. The number of amides is 2. The Morgan fingerprint density at radius 1 is 1.00 bits per heavy atom. The number of rotatable bonds is 13. The van der Waals surface area contributed by atoms with E-state index in [9.17, 15) is 24.5 Å². The molecule has 12 heteroatoms. The number of aromatic nitrogens is 2. The van der Waals surface area contributed by atoms with E-state index in [0.29, 0.717) is 34.4 Å². The zero-order chi connectivity index (χ0) is 30.9. The highest BCUT2D eigenvalue weighted by Crippen LogP contribution is 2.23. The minimum absolute atomic E-state index is 0.0984. The highest BCUT2D eigenvalue weighted by atomic mass is 16.6. The average molecular weight is 587 g/mol. The van der Waals surface area contributed by atoms with Crippen molar-refractivity contribution in [2.24, 2.45) is 0 Å². The number of benzene rings is 3. The highest BCUT2D eigenvalue weighted by molar-refractivity contribution is 5.95. The van der Waals surface area contributed by atoms with Gasteiger partial charge in [0.1, 0.15) is 5.75 Å². The van der Waals surface area contributed by atoms with E-state index in [4.69, 9.17) is 4.74 Å². The van der Waals surface area contributed by atoms with E-state index >= 15 is 0 Å². The summed E-state index contributed by atoms with van der Waals surface area (Å²) in [5, 5.41) is 18.3. The van der Waals surface area contributed by atoms with Crippen molar-refractivity contribution in [3.05, 3.63) is 88.1 Å². The summed E-state index contributed by atoms with van der Waals surface area (Å²) in [5.74, 6) is -0.392. The Kier molecular flexibility index (Phi) is 10.0. The smallest absolute Gasteiger partial charge is 0.270 e. The first-order chi connectivity index (χ1) is 20.6. The minimum atomic E-state index is -0.639. The second kappa shape index (κ2) is 14.1. The first kappa shape index (κ1) is 30.7. The molecule has 0 aliphatic carbocycles. The van der Waals surface area contributed by atoms with Gasteiger partial charge in [-0.2, -0.15) is 5.10 Å². The van der Waals surface area contributed by atoms with Gasteiger partial charge in [-0.25, -0.2) is 4.68 Å². The normalized spacial score (nSPS) is 11.5. The van der Waals surface area contributed by atoms with Gasteiger partial charge in [0, 0.05) is 36.0 Å². The molecule has 224 valence electrons. The molecule has 0 saturated heterocycles. The fourth-order valence-corrected chi connectivity index (χ4v) is 4.44. The second-order valence-electron chi connectivity index (χ2n) is 10.2. The number of nitrogens with zero attached hydrogens (tertiary/aromatic N) is 3. The number of nitrogens with one attached hydrogen (secondary N) is 3. The lowest BCUT2D eigenvalue weighted by atomic mass is 10.1. The van der Waals surface area contributed by atoms with E-state index in [-0.39, 0.29) is 24.4 Å². The maximum absolute atomic E-state index is 13.1. The summed E-state index contributed by atoms with van der Waals surface area (Å²) >= 11 is 0. The molecule has 4 aromatic rings. The number of unbranched alkanes of at least 4 members (excludes halogenated alkanes) is 1. The van der Waals surface area contributed by atoms with Crippen molar-refractivity contribution in [2.45, 2.75) is 59.0 Å². The molecule has 0 bridgehead atoms. The van der Waals surface area contributed by atoms with E-state index in [1.807, 2.05) is 32.0 Å². The van der Waals surface area contributed by atoms with Crippen LogP contribution in [0.2, 0.25) is 0 Å². The van der Waals surface area contributed by atoms with E-state index in [1.54, 1.807) is 24.3 Å². The monoisotopic (exact) mass is 586 g/mol. The van der Waals surface area contributed by atoms with Crippen molar-refractivity contribution < 1.29 is 24.0 Å². The topological polar surface area (TPSA) is 157 Å². The number of carbonyl (C=O) groups excluding carboxylic acids is 3. The SMILES string of the molecule is CCCCC(Oc1ccc(C)cc1C)C(=O)Nc1ccc(NNC(=O)CCC(=O)n2ncc3cc([N+](=O)[O-])ccc32)cc1. The largest absolute Gasteiger partial charge is 0.480 e. The third kappa shape index (κ3) is 8.15. The lowest BCUT2D eigenvalue weighted by Crippen LogP contribution is -2.33. The number of hydrazine groups is 1. The number of hydrogen-bond acceptors (Lipinski definition) is 8. The highest BCUT2D eigenvalue weighted by Gasteiger charge is 2.21. The van der Waals surface area contributed by atoms with Crippen LogP contribution in [-0.4, -0.2) is 38.5 Å². The van der Waals surface area contributed by atoms with E-state index in [0.717, 1.165) is 28.7 Å². The molecule has 0 radical (unpaired) electrons. The number of non-ortho nitro benzene ring substituents is 1. The first-order valence-electron chi connectivity index (χ1n) is 14.0. The van der Waals surface area contributed by atoms with Crippen molar-refractivity contribution in [3.8, 4) is 5.75 Å². The van der Waals surface area contributed by atoms with Gasteiger partial charge >= 0.3 is 0 Å². The lowest BCUT2D eigenvalue weighted by Gasteiger charge is -2.20. The van der Waals surface area contributed by atoms with Crippen LogP contribution in [0, 0.1) is 24.0 Å². The summed E-state index contributed by atoms with van der Waals surface area (Å²) in [6, 6.07) is 16.8. The fraction of sp³-hybridized carbons (Fsp3) is 0.290. The molecular formula is C31H34N6O6. The molecule has 1 heterocycles. The Balaban J connectivity index is 1.26. The van der Waals surface area contributed by atoms with E-state index < -0.39 is 22.8 Å². The standard InChI is InChI=1S/C31H34N6O6/c1-4-5-6-28(43-27-14-7-20(2)17-21(27)3)31(40)33-23-8-10-24(11-9-23)34-35-29(38)15-16-30(39)36-26-13-12-25(37(41)42)18-22(26)19-32-36/h7-14,17-19,28,34H,4-6,15-16H2,1-3H3,(H,33,40)(H,35,38). The number of fused-ring (bicyclic) bond motifs is 1. The van der Waals surface area contributed by atoms with Gasteiger partial charge in [-0.3, -0.25) is 35.3 Å². The molecule has 0 spiro atoms. The third-order valence-corrected chi connectivity index (χ3v) is 6.78. The van der Waals surface area contributed by atoms with Gasteiger partial charge in [0.25, 0.3) is 11.6 Å². The number of hydrogen-bond donors (Lipinski definition) is 3. The van der Waals surface area contributed by atoms with Crippen LogP contribution in [-0.2, 0) is 9.59 Å². The minimum Gasteiger partial charge on any atom is -0.480 e. The third-order valence-electron chi connectivity index (χ3n) is 6.78. The number of ether oxygens (including phenoxy) is 1. The van der Waals surface area contributed by atoms with Crippen molar-refractivity contribution in [1.29, 1.82) is 0 Å². The fourth-order valence-electron chi connectivity index (χ4n) is 4.44. The number of nitro benzene ring substituents is 1. The number of anilines is 2. The zero-order valence-electron chi connectivity index (χ0n) is 24.3. The molecule has 1 unspecified atom stereocenters. The number of carbonyl (C=O) groups is 3. The summed E-state index contributed by atoms with van der Waals surface area (Å²) in [6.07, 6.45) is 2.89. The summed E-state index contributed by atoms with van der Waals surface area (Å²) < 4.78 is 7.23. The van der Waals surface area contributed by atoms with Gasteiger partial charge in [-0.05, 0) is 68.7 Å². The Hall–Kier alpha value is -5.26. The quantitative estimate of drug-likeness (QED) is 0.133. The summed E-state index contributed by atoms with van der Waals surface area (Å²) in [7, 11) is 0. The molecule has 2 amide bonds. The van der Waals surface area contributed by atoms with Crippen molar-refractivity contribution in [1.82, 2.24) is 15.2 Å². The predicted octanol–water partition coefficient (Wildman–Crippen LogP) is 5.70. The number of nitro groups is 1. The molecule has 0 saturated carbocycles. The molecule has 3 aromatic carbocycles. The second-order valence-corrected chi connectivity index (χ2v) is 10.2. The summed E-state index contributed by atoms with van der Waals surface area (Å²) in [6.45, 7) is 6.03. The lowest BCUT2D eigenvalue weighted by molar-refractivity contribution is -0.384. The van der Waals surface area contributed by atoms with Crippen LogP contribution in [0.3, 0.4) is 0 Å². The average Bonchev–Trinajstić information content (AvgIpc) is 3.42. The Morgan fingerprint density at radius 3 is 2.44 bits per heavy atom. The Labute approximate surface area is 248 Å². The Morgan fingerprint density at radius 2 is 1.74 bits per heavy atom. The van der Waals surface area contributed by atoms with Crippen LogP contribution in [0.25, 0.3) is 10.9 Å². The maximum Gasteiger partial charge on any atom is 0.270 e. The zero-order valence-corrected chi connectivity index (χ0v) is 24.3. The van der Waals surface area contributed by atoms with Crippen LogP contribution in [0.1, 0.15) is 54.9 Å². The molecule has 4 rings (SSSR count). The molecule has 0 fully saturated rings. The van der Waals surface area contributed by atoms with Crippen molar-refractivity contribution >= 4 is 45.7 Å². The molecule has 1 atom stereocenters. The van der Waals surface area contributed by atoms with Crippen LogP contribution in [0.4, 0.5) is 17.1 Å². The van der Waals surface area contributed by atoms with Gasteiger partial charge in [-0.15, -0.1) is 0 Å². The molecule has 0 aliphatic heterocycles. The van der Waals surface area contributed by atoms with Gasteiger partial charge < -0.3 is 10.1 Å². The van der Waals surface area contributed by atoms with Crippen molar-refractivity contribution in [2.75, 3.05) is 10.7 Å². The van der Waals surface area contributed by atoms with Crippen LogP contribution in [0.5, 0.6) is 5.75 Å². The van der Waals surface area contributed by atoms with E-state index in [1.165, 1.54) is 24.4 Å². The van der Waals surface area contributed by atoms with Crippen LogP contribution >= 0.6 is 0 Å². The molecule has 3 N–H and O–H groups in total. The molecule has 0 aliphatic rings. The van der Waals surface area contributed by atoms with E-state index in [2.05, 4.69) is 28.2 Å². The van der Waals surface area contributed by atoms with Crippen LogP contribution < -0.4 is 20.9 Å².